The lowest BCUT2D eigenvalue weighted by atomic mass is 10.0. The quantitative estimate of drug-likeness (QED) is 0.819. The third-order valence-electron chi connectivity index (χ3n) is 3.67. The van der Waals surface area contributed by atoms with Gasteiger partial charge in [-0.2, -0.15) is 4.31 Å². The van der Waals surface area contributed by atoms with E-state index >= 15 is 0 Å². The summed E-state index contributed by atoms with van der Waals surface area (Å²) in [5.41, 5.74) is 0. The maximum Gasteiger partial charge on any atom is 0.245 e. The van der Waals surface area contributed by atoms with E-state index in [4.69, 9.17) is 32.7 Å². The van der Waals surface area contributed by atoms with Crippen molar-refractivity contribution in [3.05, 3.63) is 14.7 Å². The fourth-order valence-electron chi connectivity index (χ4n) is 2.73. The molecule has 3 rings (SSSR count). The van der Waals surface area contributed by atoms with Crippen LogP contribution in [-0.4, -0.2) is 44.8 Å². The molecule has 2 aliphatic heterocycles. The van der Waals surface area contributed by atoms with Gasteiger partial charge in [-0.1, -0.05) is 29.6 Å². The molecule has 9 heteroatoms. The number of sulfonamides is 1. The Morgan fingerprint density at radius 2 is 1.95 bits per heavy atom. The molecule has 3 heterocycles. The van der Waals surface area contributed by atoms with Gasteiger partial charge in [-0.25, -0.2) is 8.42 Å². The molecule has 5 nitrogen and oxygen atoms in total. The summed E-state index contributed by atoms with van der Waals surface area (Å²) in [4.78, 5) is 0.0732. The summed E-state index contributed by atoms with van der Waals surface area (Å²) in [7, 11) is -3.69. The van der Waals surface area contributed by atoms with Gasteiger partial charge in [-0.05, 0) is 18.9 Å². The molecule has 1 aromatic heterocycles. The molecule has 1 unspecified atom stereocenters. The van der Waals surface area contributed by atoms with Crippen LogP contribution in [0.25, 0.3) is 0 Å². The summed E-state index contributed by atoms with van der Waals surface area (Å²) in [5, 5.41) is 0. The SMILES string of the molecule is O=S(=O)(c1cc(Cl)sc1Cl)N1CCCCC1C1OCCO1. The Bertz CT molecular complexity index is 613. The van der Waals surface area contributed by atoms with Crippen molar-refractivity contribution in [2.75, 3.05) is 19.8 Å². The van der Waals surface area contributed by atoms with Crippen LogP contribution >= 0.6 is 34.5 Å². The third-order valence-corrected chi connectivity index (χ3v) is 7.35. The molecular formula is C12H15Cl2NO4S2. The monoisotopic (exact) mass is 371 g/mol. The Hall–Kier alpha value is 0.110. The maximum atomic E-state index is 12.9. The minimum atomic E-state index is -3.69. The van der Waals surface area contributed by atoms with E-state index in [9.17, 15) is 8.42 Å². The van der Waals surface area contributed by atoms with Crippen molar-refractivity contribution in [1.29, 1.82) is 0 Å². The molecule has 2 saturated heterocycles. The molecule has 0 bridgehead atoms. The van der Waals surface area contributed by atoms with Gasteiger partial charge in [0.2, 0.25) is 10.0 Å². The van der Waals surface area contributed by atoms with Crippen LogP contribution in [0.1, 0.15) is 19.3 Å². The molecule has 118 valence electrons. The zero-order valence-corrected chi connectivity index (χ0v) is 14.3. The van der Waals surface area contributed by atoms with Crippen LogP contribution in [0.2, 0.25) is 8.67 Å². The van der Waals surface area contributed by atoms with Crippen LogP contribution < -0.4 is 0 Å². The summed E-state index contributed by atoms with van der Waals surface area (Å²) >= 11 is 13.0. The van der Waals surface area contributed by atoms with Crippen LogP contribution in [0.4, 0.5) is 0 Å². The second-order valence-corrected chi connectivity index (χ2v) is 9.12. The first-order chi connectivity index (χ1) is 10.00. The number of nitrogens with zero attached hydrogens (tertiary/aromatic N) is 1. The lowest BCUT2D eigenvalue weighted by Gasteiger charge is -2.36. The van der Waals surface area contributed by atoms with Gasteiger partial charge in [0, 0.05) is 6.54 Å². The van der Waals surface area contributed by atoms with E-state index in [0.29, 0.717) is 24.1 Å². The third kappa shape index (κ3) is 3.10. The average Bonchev–Trinajstić information content (AvgIpc) is 3.08. The van der Waals surface area contributed by atoms with E-state index in [-0.39, 0.29) is 15.3 Å². The van der Waals surface area contributed by atoms with Gasteiger partial charge in [-0.3, -0.25) is 0 Å². The first-order valence-electron chi connectivity index (χ1n) is 6.70. The summed E-state index contributed by atoms with van der Waals surface area (Å²) in [6.07, 6.45) is 2.00. The molecule has 0 radical (unpaired) electrons. The van der Waals surface area contributed by atoms with Crippen molar-refractivity contribution in [1.82, 2.24) is 4.31 Å². The lowest BCUT2D eigenvalue weighted by Crippen LogP contribution is -2.50. The minimum absolute atomic E-state index is 0.0732. The molecule has 0 N–H and O–H groups in total. The number of piperidine rings is 1. The Kier molecular flexibility index (Phi) is 4.80. The number of rotatable bonds is 3. The highest BCUT2D eigenvalue weighted by Gasteiger charge is 2.41. The Labute approximate surface area is 137 Å². The molecule has 2 fully saturated rings. The van der Waals surface area contributed by atoms with E-state index in [1.807, 2.05) is 0 Å². The van der Waals surface area contributed by atoms with E-state index in [1.54, 1.807) is 0 Å². The average molecular weight is 372 g/mol. The largest absolute Gasteiger partial charge is 0.349 e. The standard InChI is InChI=1S/C12H15Cl2NO4S2/c13-10-7-9(11(14)20-10)21(16,17)15-4-2-1-3-8(15)12-18-5-6-19-12/h7-8,12H,1-6H2. The molecule has 1 aromatic rings. The normalized spacial score (nSPS) is 25.5. The second kappa shape index (κ2) is 6.31. The molecule has 0 spiro atoms. The lowest BCUT2D eigenvalue weighted by molar-refractivity contribution is -0.0913. The molecule has 0 saturated carbocycles. The number of hydrogen-bond donors (Lipinski definition) is 0. The summed E-state index contributed by atoms with van der Waals surface area (Å²) in [6, 6.07) is 1.10. The topological polar surface area (TPSA) is 55.8 Å². The maximum absolute atomic E-state index is 12.9. The highest BCUT2D eigenvalue weighted by molar-refractivity contribution is 7.89. The molecule has 21 heavy (non-hydrogen) atoms. The Morgan fingerprint density at radius 3 is 2.57 bits per heavy atom. The molecule has 2 aliphatic rings. The highest BCUT2D eigenvalue weighted by Crippen LogP contribution is 2.38. The molecule has 0 aliphatic carbocycles. The van der Waals surface area contributed by atoms with E-state index in [1.165, 1.54) is 10.4 Å². The van der Waals surface area contributed by atoms with E-state index < -0.39 is 16.3 Å². The molecular weight excluding hydrogens is 357 g/mol. The van der Waals surface area contributed by atoms with Crippen molar-refractivity contribution >= 4 is 44.6 Å². The van der Waals surface area contributed by atoms with Gasteiger partial charge in [0.05, 0.1) is 23.6 Å². The van der Waals surface area contributed by atoms with Crippen molar-refractivity contribution in [3.63, 3.8) is 0 Å². The van der Waals surface area contributed by atoms with Crippen LogP contribution in [0.5, 0.6) is 0 Å². The number of halogens is 2. The smallest absolute Gasteiger partial charge is 0.245 e. The van der Waals surface area contributed by atoms with E-state index in [0.717, 1.165) is 30.6 Å². The predicted octanol–water partition coefficient (Wildman–Crippen LogP) is 2.97. The van der Waals surface area contributed by atoms with Crippen LogP contribution in [0.3, 0.4) is 0 Å². The van der Waals surface area contributed by atoms with Crippen molar-refractivity contribution in [2.24, 2.45) is 0 Å². The van der Waals surface area contributed by atoms with Crippen molar-refractivity contribution < 1.29 is 17.9 Å². The first-order valence-corrected chi connectivity index (χ1v) is 9.71. The summed E-state index contributed by atoms with van der Waals surface area (Å²) in [5.74, 6) is 0. The summed E-state index contributed by atoms with van der Waals surface area (Å²) < 4.78 is 38.8. The molecule has 0 aromatic carbocycles. The second-order valence-electron chi connectivity index (χ2n) is 4.98. The van der Waals surface area contributed by atoms with Gasteiger partial charge in [0.1, 0.15) is 9.23 Å². The zero-order valence-electron chi connectivity index (χ0n) is 11.1. The molecule has 0 amide bonds. The Balaban J connectivity index is 1.93. The van der Waals surface area contributed by atoms with Gasteiger partial charge in [0.15, 0.2) is 6.29 Å². The predicted molar refractivity (Wildman–Crippen MR) is 81.6 cm³/mol. The van der Waals surface area contributed by atoms with Gasteiger partial charge < -0.3 is 9.47 Å². The minimum Gasteiger partial charge on any atom is -0.349 e. The van der Waals surface area contributed by atoms with Gasteiger partial charge >= 0.3 is 0 Å². The van der Waals surface area contributed by atoms with Gasteiger partial charge in [-0.15, -0.1) is 11.3 Å². The molecule has 1 atom stereocenters. The van der Waals surface area contributed by atoms with Crippen LogP contribution in [0.15, 0.2) is 11.0 Å². The number of hydrogen-bond acceptors (Lipinski definition) is 5. The van der Waals surface area contributed by atoms with Gasteiger partial charge in [0.25, 0.3) is 0 Å². The fourth-order valence-corrected chi connectivity index (χ4v) is 6.52. The number of ether oxygens (including phenoxy) is 2. The number of thiophene rings is 1. The summed E-state index contributed by atoms with van der Waals surface area (Å²) in [6.45, 7) is 1.44. The van der Waals surface area contributed by atoms with Crippen molar-refractivity contribution in [3.8, 4) is 0 Å². The first kappa shape index (κ1) is 16.0. The van der Waals surface area contributed by atoms with E-state index in [2.05, 4.69) is 0 Å². The van der Waals surface area contributed by atoms with Crippen LogP contribution in [-0.2, 0) is 19.5 Å². The zero-order chi connectivity index (χ0) is 15.0. The van der Waals surface area contributed by atoms with Crippen molar-refractivity contribution in [2.45, 2.75) is 36.5 Å². The fraction of sp³-hybridized carbons (Fsp3) is 0.667. The Morgan fingerprint density at radius 1 is 1.24 bits per heavy atom. The van der Waals surface area contributed by atoms with Crippen LogP contribution in [0, 0.1) is 0 Å². The highest BCUT2D eigenvalue weighted by atomic mass is 35.5.